The first kappa shape index (κ1) is 31.2. The van der Waals surface area contributed by atoms with Crippen molar-refractivity contribution >= 4 is 62.3 Å². The van der Waals surface area contributed by atoms with Crippen LogP contribution in [-0.4, -0.2) is 50.0 Å². The first-order chi connectivity index (χ1) is 17.4. The van der Waals surface area contributed by atoms with Crippen molar-refractivity contribution in [2.75, 3.05) is 17.1 Å². The van der Waals surface area contributed by atoms with Gasteiger partial charge in [0.2, 0.25) is 21.8 Å². The Morgan fingerprint density at radius 2 is 1.59 bits per heavy atom. The zero-order valence-electron chi connectivity index (χ0n) is 21.5. The number of carbonyl (C=O) groups is 2. The van der Waals surface area contributed by atoms with E-state index in [0.717, 1.165) is 22.5 Å². The zero-order valence-corrected chi connectivity index (χ0v) is 24.6. The number of rotatable bonds is 13. The fourth-order valence-corrected chi connectivity index (χ4v) is 5.34. The minimum Gasteiger partial charge on any atom is -0.352 e. The summed E-state index contributed by atoms with van der Waals surface area (Å²) in [5.74, 6) is -0.477. The van der Waals surface area contributed by atoms with Gasteiger partial charge in [0.05, 0.1) is 17.0 Å². The van der Waals surface area contributed by atoms with Crippen LogP contribution in [-0.2, 0) is 26.2 Å². The summed E-state index contributed by atoms with van der Waals surface area (Å²) >= 11 is 18.3. The second-order valence-corrected chi connectivity index (χ2v) is 12.1. The Morgan fingerprint density at radius 1 is 0.973 bits per heavy atom. The lowest BCUT2D eigenvalue weighted by Crippen LogP contribution is -2.50. The van der Waals surface area contributed by atoms with Crippen LogP contribution in [0, 0.1) is 0 Å². The summed E-state index contributed by atoms with van der Waals surface area (Å²) in [6, 6.07) is 11.0. The van der Waals surface area contributed by atoms with Crippen molar-refractivity contribution in [2.45, 2.75) is 65.1 Å². The van der Waals surface area contributed by atoms with Crippen molar-refractivity contribution in [1.29, 1.82) is 0 Å². The predicted molar refractivity (Wildman–Crippen MR) is 152 cm³/mol. The number of anilines is 1. The number of nitrogens with one attached hydrogen (secondary N) is 1. The molecule has 0 saturated heterocycles. The highest BCUT2D eigenvalue weighted by atomic mass is 35.5. The maximum absolute atomic E-state index is 13.5. The zero-order chi connectivity index (χ0) is 27.8. The molecular formula is C26H34Cl3N3O4S. The molecule has 0 spiro atoms. The number of halogens is 3. The molecule has 0 unspecified atom stereocenters. The van der Waals surface area contributed by atoms with Crippen molar-refractivity contribution in [3.8, 4) is 0 Å². The lowest BCUT2D eigenvalue weighted by atomic mass is 10.1. The molecule has 2 aromatic rings. The number of carbonyl (C=O) groups excluding carboxylic acids is 2. The number of hydrogen-bond acceptors (Lipinski definition) is 4. The van der Waals surface area contributed by atoms with Gasteiger partial charge in [-0.05, 0) is 62.1 Å². The number of amides is 2. The number of sulfonamides is 1. The van der Waals surface area contributed by atoms with E-state index in [4.69, 9.17) is 34.8 Å². The Balaban J connectivity index is 2.25. The molecule has 0 aromatic heterocycles. The van der Waals surface area contributed by atoms with E-state index in [2.05, 4.69) is 5.32 Å². The summed E-state index contributed by atoms with van der Waals surface area (Å²) in [5, 5.41) is 4.12. The molecule has 2 aromatic carbocycles. The molecule has 0 fully saturated rings. The molecule has 0 heterocycles. The maximum Gasteiger partial charge on any atom is 0.243 e. The Labute approximate surface area is 235 Å². The largest absolute Gasteiger partial charge is 0.352 e. The molecule has 0 bridgehead atoms. The van der Waals surface area contributed by atoms with E-state index in [1.807, 2.05) is 32.9 Å². The van der Waals surface area contributed by atoms with Gasteiger partial charge in [0.15, 0.2) is 0 Å². The van der Waals surface area contributed by atoms with E-state index < -0.39 is 16.1 Å². The molecule has 0 radical (unpaired) electrons. The van der Waals surface area contributed by atoms with Crippen LogP contribution in [0.3, 0.4) is 0 Å². The van der Waals surface area contributed by atoms with Gasteiger partial charge in [0.1, 0.15) is 6.04 Å². The summed E-state index contributed by atoms with van der Waals surface area (Å²) in [5.41, 5.74) is 1.08. The molecular weight excluding hydrogens is 557 g/mol. The monoisotopic (exact) mass is 589 g/mol. The van der Waals surface area contributed by atoms with Crippen molar-refractivity contribution in [1.82, 2.24) is 10.2 Å². The number of benzene rings is 2. The lowest BCUT2D eigenvalue weighted by molar-refractivity contribution is -0.141. The molecule has 204 valence electrons. The van der Waals surface area contributed by atoms with Gasteiger partial charge in [-0.2, -0.15) is 0 Å². The van der Waals surface area contributed by atoms with Gasteiger partial charge in [-0.3, -0.25) is 13.9 Å². The van der Waals surface area contributed by atoms with Crippen LogP contribution in [0.5, 0.6) is 0 Å². The van der Waals surface area contributed by atoms with Crippen molar-refractivity contribution in [2.24, 2.45) is 0 Å². The van der Waals surface area contributed by atoms with Gasteiger partial charge in [0, 0.05) is 35.6 Å². The highest BCUT2D eigenvalue weighted by Gasteiger charge is 2.29. The van der Waals surface area contributed by atoms with Gasteiger partial charge in [-0.25, -0.2) is 8.42 Å². The van der Waals surface area contributed by atoms with E-state index in [-0.39, 0.29) is 54.5 Å². The van der Waals surface area contributed by atoms with Crippen LogP contribution in [0.2, 0.25) is 15.1 Å². The van der Waals surface area contributed by atoms with Gasteiger partial charge in [-0.1, -0.05) is 60.8 Å². The minimum absolute atomic E-state index is 0.0231. The van der Waals surface area contributed by atoms with Crippen molar-refractivity contribution < 1.29 is 18.0 Å². The fraction of sp³-hybridized carbons (Fsp3) is 0.462. The van der Waals surface area contributed by atoms with Gasteiger partial charge in [-0.15, -0.1) is 0 Å². The average Bonchev–Trinajstić information content (AvgIpc) is 2.83. The molecule has 7 nitrogen and oxygen atoms in total. The van der Waals surface area contributed by atoms with Gasteiger partial charge < -0.3 is 10.2 Å². The van der Waals surface area contributed by atoms with E-state index in [9.17, 15) is 18.0 Å². The first-order valence-corrected chi connectivity index (χ1v) is 15.1. The SMILES string of the molecule is CC[C@@H](C)NC(=O)[C@H](CC)N(Cc1ccc(Cl)cc1)C(=O)CCCN(c1cc(Cl)ccc1Cl)S(C)(=O)=O. The summed E-state index contributed by atoms with van der Waals surface area (Å²) in [6.45, 7) is 5.99. The summed E-state index contributed by atoms with van der Waals surface area (Å²) in [7, 11) is -3.69. The maximum atomic E-state index is 13.5. The van der Waals surface area contributed by atoms with E-state index in [1.54, 1.807) is 23.1 Å². The van der Waals surface area contributed by atoms with Crippen molar-refractivity contribution in [3.05, 3.63) is 63.1 Å². The average molecular weight is 591 g/mol. The van der Waals surface area contributed by atoms with E-state index >= 15 is 0 Å². The Morgan fingerprint density at radius 3 is 2.16 bits per heavy atom. The molecule has 0 aliphatic heterocycles. The Hall–Kier alpha value is -2.00. The molecule has 2 atom stereocenters. The van der Waals surface area contributed by atoms with Crippen LogP contribution in [0.1, 0.15) is 52.0 Å². The normalized spacial score (nSPS) is 13.1. The second kappa shape index (κ2) is 14.2. The molecule has 11 heteroatoms. The smallest absolute Gasteiger partial charge is 0.243 e. The molecule has 1 N–H and O–H groups in total. The standard InChI is InChI=1S/C26H34Cl3N3O4S/c1-5-18(3)30-26(34)23(6-2)31(17-19-9-11-20(27)12-10-19)25(33)8-7-15-32(37(4,35)36)24-16-21(28)13-14-22(24)29/h9-14,16,18,23H,5-8,15,17H2,1-4H3,(H,30,34)/t18-,23+/m1/s1. The van der Waals surface area contributed by atoms with Crippen LogP contribution < -0.4 is 9.62 Å². The summed E-state index contributed by atoms with van der Waals surface area (Å²) in [6.07, 6.45) is 2.52. The Bertz CT molecular complexity index is 1180. The van der Waals surface area contributed by atoms with E-state index in [0.29, 0.717) is 16.5 Å². The molecule has 37 heavy (non-hydrogen) atoms. The Kier molecular flexibility index (Phi) is 12.0. The first-order valence-electron chi connectivity index (χ1n) is 12.1. The molecule has 2 rings (SSSR count). The molecule has 0 aliphatic rings. The van der Waals surface area contributed by atoms with Crippen LogP contribution in [0.25, 0.3) is 0 Å². The topological polar surface area (TPSA) is 86.8 Å². The highest BCUT2D eigenvalue weighted by molar-refractivity contribution is 7.92. The third-order valence-electron chi connectivity index (χ3n) is 5.98. The van der Waals surface area contributed by atoms with Crippen LogP contribution in [0.15, 0.2) is 42.5 Å². The molecule has 2 amide bonds. The third-order valence-corrected chi connectivity index (χ3v) is 7.97. The highest BCUT2D eigenvalue weighted by Crippen LogP contribution is 2.31. The molecule has 0 aliphatic carbocycles. The van der Waals surface area contributed by atoms with E-state index in [1.165, 1.54) is 12.1 Å². The van der Waals surface area contributed by atoms with Crippen molar-refractivity contribution in [3.63, 3.8) is 0 Å². The summed E-state index contributed by atoms with van der Waals surface area (Å²) in [4.78, 5) is 28.1. The van der Waals surface area contributed by atoms with Crippen LogP contribution >= 0.6 is 34.8 Å². The molecule has 0 saturated carbocycles. The van der Waals surface area contributed by atoms with Crippen LogP contribution in [0.4, 0.5) is 5.69 Å². The lowest BCUT2D eigenvalue weighted by Gasteiger charge is -2.32. The number of nitrogens with zero attached hydrogens (tertiary/aromatic N) is 2. The number of hydrogen-bond donors (Lipinski definition) is 1. The quantitative estimate of drug-likeness (QED) is 0.314. The third kappa shape index (κ3) is 9.36. The van der Waals surface area contributed by atoms with Gasteiger partial charge >= 0.3 is 0 Å². The van der Waals surface area contributed by atoms with Gasteiger partial charge in [0.25, 0.3) is 0 Å². The minimum atomic E-state index is -3.69. The summed E-state index contributed by atoms with van der Waals surface area (Å²) < 4.78 is 26.2. The second-order valence-electron chi connectivity index (χ2n) is 8.92. The fourth-order valence-electron chi connectivity index (χ4n) is 3.81. The predicted octanol–water partition coefficient (Wildman–Crippen LogP) is 5.92.